The van der Waals surface area contributed by atoms with Gasteiger partial charge in [0.1, 0.15) is 5.75 Å². The largest absolute Gasteiger partial charge is 0.467 e. The molecular weight excluding hydrogens is 228 g/mol. The Kier molecular flexibility index (Phi) is 4.84. The van der Waals surface area contributed by atoms with Gasteiger partial charge in [-0.2, -0.15) is 0 Å². The number of ether oxygens (including phenoxy) is 2. The van der Waals surface area contributed by atoms with Crippen molar-refractivity contribution in [2.24, 2.45) is 0 Å². The molecule has 0 aromatic heterocycles. The lowest BCUT2D eigenvalue weighted by Gasteiger charge is -2.29. The molecule has 0 amide bonds. The summed E-state index contributed by atoms with van der Waals surface area (Å²) in [5, 5.41) is 3.36. The molecule has 0 aliphatic carbocycles. The molecule has 1 heterocycles. The molecule has 1 aliphatic heterocycles. The van der Waals surface area contributed by atoms with Crippen molar-refractivity contribution in [3.8, 4) is 5.75 Å². The Hall–Kier alpha value is -1.26. The molecule has 18 heavy (non-hydrogen) atoms. The van der Waals surface area contributed by atoms with E-state index in [2.05, 4.69) is 29.3 Å². The van der Waals surface area contributed by atoms with E-state index < -0.39 is 0 Å². The van der Waals surface area contributed by atoms with Crippen LogP contribution < -0.4 is 15.0 Å². The van der Waals surface area contributed by atoms with Gasteiger partial charge >= 0.3 is 0 Å². The third-order valence-electron chi connectivity index (χ3n) is 3.14. The van der Waals surface area contributed by atoms with Crippen molar-refractivity contribution in [1.82, 2.24) is 5.32 Å². The quantitative estimate of drug-likeness (QED) is 0.638. The molecule has 1 N–H and O–H groups in total. The van der Waals surface area contributed by atoms with E-state index in [1.165, 1.54) is 5.69 Å². The average molecular weight is 250 g/mol. The number of benzene rings is 1. The highest BCUT2D eigenvalue weighted by Gasteiger charge is 2.11. The summed E-state index contributed by atoms with van der Waals surface area (Å²) in [7, 11) is 0. The van der Waals surface area contributed by atoms with Gasteiger partial charge in [0.25, 0.3) is 0 Å². The predicted molar refractivity (Wildman–Crippen MR) is 73.4 cm³/mol. The van der Waals surface area contributed by atoms with Crippen molar-refractivity contribution < 1.29 is 9.47 Å². The van der Waals surface area contributed by atoms with E-state index in [-0.39, 0.29) is 0 Å². The van der Waals surface area contributed by atoms with Crippen LogP contribution in [-0.2, 0) is 4.74 Å². The van der Waals surface area contributed by atoms with Crippen molar-refractivity contribution in [1.29, 1.82) is 0 Å². The van der Waals surface area contributed by atoms with Crippen molar-refractivity contribution in [3.05, 3.63) is 23.8 Å². The molecule has 0 spiro atoms. The molecule has 1 aromatic carbocycles. The molecule has 2 rings (SSSR count). The van der Waals surface area contributed by atoms with Crippen LogP contribution in [0.1, 0.15) is 12.5 Å². The van der Waals surface area contributed by atoms with Crippen LogP contribution in [0.3, 0.4) is 0 Å². The van der Waals surface area contributed by atoms with Crippen LogP contribution in [-0.4, -0.2) is 39.6 Å². The Bertz CT molecular complexity index is 376. The molecule has 0 bridgehead atoms. The first-order valence-electron chi connectivity index (χ1n) is 6.58. The predicted octanol–water partition coefficient (Wildman–Crippen LogP) is 1.78. The maximum atomic E-state index is 5.57. The number of rotatable bonds is 5. The highest BCUT2D eigenvalue weighted by Crippen LogP contribution is 2.24. The first kappa shape index (κ1) is 13.2. The highest BCUT2D eigenvalue weighted by atomic mass is 16.7. The number of aryl methyl sites for hydroxylation is 1. The van der Waals surface area contributed by atoms with Gasteiger partial charge < -0.3 is 19.7 Å². The summed E-state index contributed by atoms with van der Waals surface area (Å²) < 4.78 is 10.8. The van der Waals surface area contributed by atoms with Crippen molar-refractivity contribution in [2.45, 2.75) is 13.8 Å². The zero-order valence-electron chi connectivity index (χ0n) is 11.2. The maximum Gasteiger partial charge on any atom is 0.189 e. The molecule has 0 atom stereocenters. The smallest absolute Gasteiger partial charge is 0.189 e. The molecule has 0 unspecified atom stereocenters. The van der Waals surface area contributed by atoms with E-state index in [4.69, 9.17) is 9.47 Å². The fourth-order valence-electron chi connectivity index (χ4n) is 2.10. The Labute approximate surface area is 109 Å². The number of nitrogens with zero attached hydrogens (tertiary/aromatic N) is 1. The Morgan fingerprint density at radius 2 is 2.06 bits per heavy atom. The molecule has 4 heteroatoms. The maximum absolute atomic E-state index is 5.57. The number of nitrogens with one attached hydrogen (secondary N) is 1. The van der Waals surface area contributed by atoms with Gasteiger partial charge in [-0.05, 0) is 37.6 Å². The summed E-state index contributed by atoms with van der Waals surface area (Å²) in [5.41, 5.74) is 2.43. The molecular formula is C14H22N2O2. The Balaban J connectivity index is 1.99. The number of hydrogen-bond acceptors (Lipinski definition) is 4. The molecule has 4 nitrogen and oxygen atoms in total. The van der Waals surface area contributed by atoms with E-state index in [0.717, 1.165) is 37.5 Å². The zero-order valence-corrected chi connectivity index (χ0v) is 11.2. The first-order valence-corrected chi connectivity index (χ1v) is 6.58. The zero-order chi connectivity index (χ0) is 12.8. The minimum absolute atomic E-state index is 0.324. The minimum atomic E-state index is 0.324. The van der Waals surface area contributed by atoms with Crippen LogP contribution in [0.5, 0.6) is 5.75 Å². The third kappa shape index (κ3) is 3.37. The van der Waals surface area contributed by atoms with E-state index in [1.807, 2.05) is 13.0 Å². The van der Waals surface area contributed by atoms with E-state index in [9.17, 15) is 0 Å². The van der Waals surface area contributed by atoms with Gasteiger partial charge in [0, 0.05) is 38.5 Å². The van der Waals surface area contributed by atoms with Gasteiger partial charge in [0.05, 0.1) is 0 Å². The standard InChI is InChI=1S/C14H22N2O2/c1-3-17-11-18-14-5-4-13(10-12(14)2)16-8-6-15-7-9-16/h4-5,10,15H,3,6-9,11H2,1-2H3. The van der Waals surface area contributed by atoms with Crippen LogP contribution >= 0.6 is 0 Å². The monoisotopic (exact) mass is 250 g/mol. The summed E-state index contributed by atoms with van der Waals surface area (Å²) in [6.07, 6.45) is 0. The second-order valence-corrected chi connectivity index (χ2v) is 4.44. The summed E-state index contributed by atoms with van der Waals surface area (Å²) in [6, 6.07) is 6.35. The van der Waals surface area contributed by atoms with Gasteiger partial charge in [0.15, 0.2) is 6.79 Å². The molecule has 1 aliphatic rings. The fourth-order valence-corrected chi connectivity index (χ4v) is 2.10. The molecule has 1 saturated heterocycles. The second-order valence-electron chi connectivity index (χ2n) is 4.44. The van der Waals surface area contributed by atoms with E-state index >= 15 is 0 Å². The second kappa shape index (κ2) is 6.61. The lowest BCUT2D eigenvalue weighted by molar-refractivity contribution is 0.0220. The minimum Gasteiger partial charge on any atom is -0.467 e. The van der Waals surface area contributed by atoms with Crippen molar-refractivity contribution in [3.63, 3.8) is 0 Å². The molecule has 1 fully saturated rings. The van der Waals surface area contributed by atoms with Crippen LogP contribution in [0.4, 0.5) is 5.69 Å². The third-order valence-corrected chi connectivity index (χ3v) is 3.14. The number of hydrogen-bond donors (Lipinski definition) is 1. The van der Waals surface area contributed by atoms with Crippen LogP contribution in [0, 0.1) is 6.92 Å². The SMILES string of the molecule is CCOCOc1ccc(N2CCNCC2)cc1C. The van der Waals surface area contributed by atoms with Crippen molar-refractivity contribution in [2.75, 3.05) is 44.5 Å². The van der Waals surface area contributed by atoms with Gasteiger partial charge in [-0.3, -0.25) is 0 Å². The first-order chi connectivity index (χ1) is 8.81. The lowest BCUT2D eigenvalue weighted by atomic mass is 10.1. The molecule has 0 radical (unpaired) electrons. The normalized spacial score (nSPS) is 15.8. The van der Waals surface area contributed by atoms with Crippen LogP contribution in [0.15, 0.2) is 18.2 Å². The number of piperazine rings is 1. The van der Waals surface area contributed by atoms with Gasteiger partial charge in [-0.1, -0.05) is 0 Å². The molecule has 100 valence electrons. The van der Waals surface area contributed by atoms with Crippen LogP contribution in [0.25, 0.3) is 0 Å². The van der Waals surface area contributed by atoms with E-state index in [0.29, 0.717) is 13.4 Å². The lowest BCUT2D eigenvalue weighted by Crippen LogP contribution is -2.43. The molecule has 0 saturated carbocycles. The summed E-state index contributed by atoms with van der Waals surface area (Å²) in [6.45, 7) is 9.29. The van der Waals surface area contributed by atoms with Gasteiger partial charge in [0.2, 0.25) is 0 Å². The highest BCUT2D eigenvalue weighted by molar-refractivity contribution is 5.53. The van der Waals surface area contributed by atoms with Crippen LogP contribution in [0.2, 0.25) is 0 Å². The van der Waals surface area contributed by atoms with Gasteiger partial charge in [-0.15, -0.1) is 0 Å². The fraction of sp³-hybridized carbons (Fsp3) is 0.571. The van der Waals surface area contributed by atoms with Gasteiger partial charge in [-0.25, -0.2) is 0 Å². The van der Waals surface area contributed by atoms with Crippen molar-refractivity contribution >= 4 is 5.69 Å². The average Bonchev–Trinajstić information content (AvgIpc) is 2.42. The Morgan fingerprint density at radius 3 is 2.72 bits per heavy atom. The molecule has 1 aromatic rings. The number of anilines is 1. The summed E-state index contributed by atoms with van der Waals surface area (Å²) in [5.74, 6) is 0.905. The van der Waals surface area contributed by atoms with E-state index in [1.54, 1.807) is 0 Å². The summed E-state index contributed by atoms with van der Waals surface area (Å²) in [4.78, 5) is 2.40. The summed E-state index contributed by atoms with van der Waals surface area (Å²) >= 11 is 0. The topological polar surface area (TPSA) is 33.7 Å². The Morgan fingerprint density at radius 1 is 1.28 bits per heavy atom.